The van der Waals surface area contributed by atoms with Crippen molar-refractivity contribution in [2.75, 3.05) is 33.3 Å². The Kier molecular flexibility index (Phi) is 7.46. The van der Waals surface area contributed by atoms with Gasteiger partial charge in [0.1, 0.15) is 5.75 Å². The zero-order valence-electron chi connectivity index (χ0n) is 13.4. The van der Waals surface area contributed by atoms with Gasteiger partial charge in [0.05, 0.1) is 6.61 Å². The molecular formula is C17H27N3OS. The summed E-state index contributed by atoms with van der Waals surface area (Å²) in [6, 6.07) is 8.48. The van der Waals surface area contributed by atoms with Gasteiger partial charge in [-0.15, -0.1) is 0 Å². The zero-order chi connectivity index (χ0) is 15.6. The van der Waals surface area contributed by atoms with Crippen LogP contribution in [-0.4, -0.2) is 43.3 Å². The second-order valence-electron chi connectivity index (χ2n) is 5.69. The van der Waals surface area contributed by atoms with E-state index >= 15 is 0 Å². The predicted octanol–water partition coefficient (Wildman–Crippen LogP) is 2.54. The molecule has 1 aromatic rings. The molecule has 0 amide bonds. The number of likely N-dealkylation sites (tertiary alicyclic amines) is 1. The quantitative estimate of drug-likeness (QED) is 0.596. The molecule has 22 heavy (non-hydrogen) atoms. The lowest BCUT2D eigenvalue weighted by atomic mass is 10.1. The molecule has 0 unspecified atom stereocenters. The minimum atomic E-state index is 0.684. The van der Waals surface area contributed by atoms with Crippen molar-refractivity contribution in [2.45, 2.75) is 32.2 Å². The van der Waals surface area contributed by atoms with Crippen molar-refractivity contribution in [3.8, 4) is 5.75 Å². The molecule has 0 radical (unpaired) electrons. The van der Waals surface area contributed by atoms with E-state index < -0.39 is 0 Å². The number of benzene rings is 1. The minimum absolute atomic E-state index is 0.684. The Morgan fingerprint density at radius 2 is 2.09 bits per heavy atom. The molecule has 1 aliphatic heterocycles. The SMILES string of the molecule is CNC(=S)NCCCOc1cccc(CN2CCCCC2)c1. The molecule has 0 aliphatic carbocycles. The summed E-state index contributed by atoms with van der Waals surface area (Å²) < 4.78 is 5.83. The van der Waals surface area contributed by atoms with Crippen molar-refractivity contribution in [1.29, 1.82) is 0 Å². The monoisotopic (exact) mass is 321 g/mol. The van der Waals surface area contributed by atoms with E-state index in [0.29, 0.717) is 11.7 Å². The molecule has 5 heteroatoms. The normalized spacial score (nSPS) is 15.3. The maximum Gasteiger partial charge on any atom is 0.166 e. The van der Waals surface area contributed by atoms with E-state index in [1.54, 1.807) is 0 Å². The van der Waals surface area contributed by atoms with E-state index in [-0.39, 0.29) is 0 Å². The molecule has 0 saturated carbocycles. The maximum atomic E-state index is 5.83. The maximum absolute atomic E-state index is 5.83. The summed E-state index contributed by atoms with van der Waals surface area (Å²) in [6.07, 6.45) is 4.97. The van der Waals surface area contributed by atoms with E-state index in [4.69, 9.17) is 17.0 Å². The lowest BCUT2D eigenvalue weighted by Crippen LogP contribution is -2.33. The first-order chi connectivity index (χ1) is 10.8. The van der Waals surface area contributed by atoms with Crippen LogP contribution in [0.3, 0.4) is 0 Å². The summed E-state index contributed by atoms with van der Waals surface area (Å²) >= 11 is 5.03. The molecule has 1 aromatic carbocycles. The third-order valence-electron chi connectivity index (χ3n) is 3.86. The highest BCUT2D eigenvalue weighted by Gasteiger charge is 2.10. The summed E-state index contributed by atoms with van der Waals surface area (Å²) in [5.74, 6) is 0.964. The van der Waals surface area contributed by atoms with Gasteiger partial charge in [-0.25, -0.2) is 0 Å². The Balaban J connectivity index is 1.70. The molecular weight excluding hydrogens is 294 g/mol. The van der Waals surface area contributed by atoms with E-state index in [9.17, 15) is 0 Å². The topological polar surface area (TPSA) is 36.5 Å². The lowest BCUT2D eigenvalue weighted by Gasteiger charge is -2.26. The van der Waals surface area contributed by atoms with Crippen LogP contribution in [0.5, 0.6) is 5.75 Å². The summed E-state index contributed by atoms with van der Waals surface area (Å²) in [5.41, 5.74) is 1.34. The van der Waals surface area contributed by atoms with Crippen molar-refractivity contribution in [3.63, 3.8) is 0 Å². The Hall–Kier alpha value is -1.33. The largest absolute Gasteiger partial charge is 0.494 e. The molecule has 0 spiro atoms. The molecule has 1 heterocycles. The van der Waals surface area contributed by atoms with Crippen molar-refractivity contribution in [1.82, 2.24) is 15.5 Å². The molecule has 1 saturated heterocycles. The fraction of sp³-hybridized carbons (Fsp3) is 0.588. The van der Waals surface area contributed by atoms with Crippen LogP contribution in [0.4, 0.5) is 0 Å². The number of nitrogens with one attached hydrogen (secondary N) is 2. The van der Waals surface area contributed by atoms with Gasteiger partial charge in [0.15, 0.2) is 5.11 Å². The van der Waals surface area contributed by atoms with Crippen LogP contribution in [0.2, 0.25) is 0 Å². The Morgan fingerprint density at radius 3 is 2.86 bits per heavy atom. The van der Waals surface area contributed by atoms with Gasteiger partial charge < -0.3 is 15.4 Å². The Labute approximate surface area is 139 Å². The standard InChI is InChI=1S/C17H27N3OS/c1-18-17(22)19-9-6-12-21-16-8-5-7-15(13-16)14-20-10-3-2-4-11-20/h5,7-8,13H,2-4,6,9-12,14H2,1H3,(H2,18,19,22). The second kappa shape index (κ2) is 9.64. The van der Waals surface area contributed by atoms with Crippen LogP contribution in [0, 0.1) is 0 Å². The summed E-state index contributed by atoms with van der Waals surface area (Å²) in [4.78, 5) is 2.53. The molecule has 0 atom stereocenters. The molecule has 1 fully saturated rings. The highest BCUT2D eigenvalue weighted by atomic mass is 32.1. The molecule has 0 aromatic heterocycles. The fourth-order valence-corrected chi connectivity index (χ4v) is 2.76. The van der Waals surface area contributed by atoms with Crippen molar-refractivity contribution < 1.29 is 4.74 Å². The molecule has 2 rings (SSSR count). The highest BCUT2D eigenvalue weighted by Crippen LogP contribution is 2.17. The first-order valence-electron chi connectivity index (χ1n) is 8.17. The third kappa shape index (κ3) is 6.20. The Bertz CT molecular complexity index is 461. The smallest absolute Gasteiger partial charge is 0.166 e. The van der Waals surface area contributed by atoms with Gasteiger partial charge in [-0.3, -0.25) is 4.90 Å². The van der Waals surface area contributed by atoms with Crippen molar-refractivity contribution in [3.05, 3.63) is 29.8 Å². The average Bonchev–Trinajstić information content (AvgIpc) is 2.55. The van der Waals surface area contributed by atoms with E-state index in [2.05, 4.69) is 33.7 Å². The fourth-order valence-electron chi connectivity index (χ4n) is 2.66. The van der Waals surface area contributed by atoms with Crippen LogP contribution in [0.25, 0.3) is 0 Å². The van der Waals surface area contributed by atoms with Gasteiger partial charge >= 0.3 is 0 Å². The average molecular weight is 321 g/mol. The molecule has 0 bridgehead atoms. The minimum Gasteiger partial charge on any atom is -0.494 e. The van der Waals surface area contributed by atoms with Gasteiger partial charge in [0, 0.05) is 20.1 Å². The number of hydrogen-bond donors (Lipinski definition) is 2. The van der Waals surface area contributed by atoms with E-state index in [1.165, 1.54) is 37.9 Å². The predicted molar refractivity (Wildman–Crippen MR) is 95.3 cm³/mol. The van der Waals surface area contributed by atoms with Gasteiger partial charge in [0.25, 0.3) is 0 Å². The van der Waals surface area contributed by atoms with Crippen LogP contribution in [0.1, 0.15) is 31.2 Å². The number of piperidine rings is 1. The van der Waals surface area contributed by atoms with E-state index in [0.717, 1.165) is 25.3 Å². The van der Waals surface area contributed by atoms with Gasteiger partial charge in [-0.05, 0) is 62.3 Å². The van der Waals surface area contributed by atoms with Gasteiger partial charge in [0.2, 0.25) is 0 Å². The third-order valence-corrected chi connectivity index (χ3v) is 4.20. The number of hydrogen-bond acceptors (Lipinski definition) is 3. The number of ether oxygens (including phenoxy) is 1. The van der Waals surface area contributed by atoms with Crippen LogP contribution in [0.15, 0.2) is 24.3 Å². The van der Waals surface area contributed by atoms with Crippen molar-refractivity contribution in [2.24, 2.45) is 0 Å². The zero-order valence-corrected chi connectivity index (χ0v) is 14.3. The summed E-state index contributed by atoms with van der Waals surface area (Å²) in [6.45, 7) is 5.01. The number of thiocarbonyl (C=S) groups is 1. The molecule has 2 N–H and O–H groups in total. The molecule has 122 valence electrons. The van der Waals surface area contributed by atoms with Gasteiger partial charge in [-0.2, -0.15) is 0 Å². The van der Waals surface area contributed by atoms with Crippen LogP contribution >= 0.6 is 12.2 Å². The summed E-state index contributed by atoms with van der Waals surface area (Å²) in [7, 11) is 1.82. The summed E-state index contributed by atoms with van der Waals surface area (Å²) in [5, 5.41) is 6.70. The number of nitrogens with zero attached hydrogens (tertiary/aromatic N) is 1. The van der Waals surface area contributed by atoms with Crippen molar-refractivity contribution >= 4 is 17.3 Å². The lowest BCUT2D eigenvalue weighted by molar-refractivity contribution is 0.220. The number of rotatable bonds is 7. The molecule has 4 nitrogen and oxygen atoms in total. The first kappa shape index (κ1) is 17.0. The molecule has 1 aliphatic rings. The van der Waals surface area contributed by atoms with E-state index in [1.807, 2.05) is 13.1 Å². The van der Waals surface area contributed by atoms with Crippen LogP contribution < -0.4 is 15.4 Å². The van der Waals surface area contributed by atoms with Crippen LogP contribution in [-0.2, 0) is 6.54 Å². The Morgan fingerprint density at radius 1 is 1.27 bits per heavy atom. The first-order valence-corrected chi connectivity index (χ1v) is 8.58. The van der Waals surface area contributed by atoms with Gasteiger partial charge in [-0.1, -0.05) is 18.6 Å². The second-order valence-corrected chi connectivity index (χ2v) is 6.10. The highest BCUT2D eigenvalue weighted by molar-refractivity contribution is 7.80.